The summed E-state index contributed by atoms with van der Waals surface area (Å²) in [5.74, 6) is -0.130. The molecule has 2 aromatic carbocycles. The number of H-pyrrole nitrogens is 1. The minimum atomic E-state index is -0.384. The molecule has 0 unspecified atom stereocenters. The molecular weight excluding hydrogens is 458 g/mol. The Morgan fingerprint density at radius 1 is 1.28 bits per heavy atom. The Morgan fingerprint density at radius 3 is 2.69 bits per heavy atom. The Morgan fingerprint density at radius 2 is 2.00 bits per heavy atom. The maximum Gasteiger partial charge on any atom is 0.273 e. The molecule has 2 heterocycles. The van der Waals surface area contributed by atoms with Crippen LogP contribution in [0, 0.1) is 6.92 Å². The van der Waals surface area contributed by atoms with E-state index in [0.29, 0.717) is 40.5 Å². The van der Waals surface area contributed by atoms with Crippen molar-refractivity contribution in [2.45, 2.75) is 19.4 Å². The first kappa shape index (κ1) is 19.9. The number of aliphatic hydroxyl groups is 1. The Hall–Kier alpha value is -2.35. The van der Waals surface area contributed by atoms with Crippen molar-refractivity contribution in [2.75, 3.05) is 13.2 Å². The smallest absolute Gasteiger partial charge is 0.273 e. The van der Waals surface area contributed by atoms with Gasteiger partial charge in [-0.2, -0.15) is 5.10 Å². The number of carbonyl (C=O) groups excluding carboxylic acids is 1. The quantitative estimate of drug-likeness (QED) is 0.508. The second kappa shape index (κ2) is 7.82. The van der Waals surface area contributed by atoms with Gasteiger partial charge in [-0.15, -0.1) is 0 Å². The number of halogens is 2. The van der Waals surface area contributed by atoms with Crippen LogP contribution in [0.25, 0.3) is 11.3 Å². The number of nitrogens with one attached hydrogen (secondary N) is 1. The highest BCUT2D eigenvalue weighted by atomic mass is 79.9. The molecule has 4 rings (SSSR count). The van der Waals surface area contributed by atoms with Crippen LogP contribution in [-0.4, -0.2) is 44.4 Å². The van der Waals surface area contributed by atoms with Crippen LogP contribution in [0.4, 0.5) is 0 Å². The number of aromatic hydroxyl groups is 1. The van der Waals surface area contributed by atoms with E-state index in [4.69, 9.17) is 11.6 Å². The van der Waals surface area contributed by atoms with Crippen LogP contribution in [0.15, 0.2) is 40.9 Å². The fraction of sp³-hybridized carbons (Fsp3) is 0.238. The number of phenolic OH excluding ortho intramolecular Hbond substituents is 1. The Labute approximate surface area is 181 Å². The van der Waals surface area contributed by atoms with Gasteiger partial charge in [-0.3, -0.25) is 9.89 Å². The zero-order chi connectivity index (χ0) is 20.7. The molecule has 1 aliphatic rings. The first-order valence-electron chi connectivity index (χ1n) is 9.17. The molecular formula is C21H19BrClN3O3. The van der Waals surface area contributed by atoms with E-state index in [-0.39, 0.29) is 24.3 Å². The minimum Gasteiger partial charge on any atom is -0.507 e. The number of hydrogen-bond donors (Lipinski definition) is 3. The lowest BCUT2D eigenvalue weighted by atomic mass is 9.95. The average molecular weight is 477 g/mol. The number of fused-ring (bicyclic) bond motifs is 1. The summed E-state index contributed by atoms with van der Waals surface area (Å²) in [6.45, 7) is 2.20. The van der Waals surface area contributed by atoms with Gasteiger partial charge < -0.3 is 15.1 Å². The molecule has 6 nitrogen and oxygen atoms in total. The summed E-state index contributed by atoms with van der Waals surface area (Å²) in [7, 11) is 0. The minimum absolute atomic E-state index is 0.00968. The van der Waals surface area contributed by atoms with Crippen molar-refractivity contribution in [3.05, 3.63) is 68.3 Å². The number of aliphatic hydroxyl groups excluding tert-OH is 1. The van der Waals surface area contributed by atoms with E-state index in [1.807, 2.05) is 31.2 Å². The van der Waals surface area contributed by atoms with Crippen molar-refractivity contribution in [2.24, 2.45) is 0 Å². The number of aryl methyl sites for hydroxylation is 1. The molecule has 150 valence electrons. The number of rotatable bonds is 5. The van der Waals surface area contributed by atoms with E-state index < -0.39 is 0 Å². The molecule has 0 aliphatic carbocycles. The Bertz CT molecular complexity index is 1080. The summed E-state index contributed by atoms with van der Waals surface area (Å²) < 4.78 is 0.933. The van der Waals surface area contributed by atoms with Crippen LogP contribution < -0.4 is 0 Å². The molecule has 1 aromatic heterocycles. The van der Waals surface area contributed by atoms with Crippen LogP contribution in [0.5, 0.6) is 5.75 Å². The van der Waals surface area contributed by atoms with Crippen molar-refractivity contribution in [1.29, 1.82) is 0 Å². The predicted octanol–water partition coefficient (Wildman–Crippen LogP) is 4.43. The number of carbonyl (C=O) groups is 1. The third-order valence-electron chi connectivity index (χ3n) is 5.14. The lowest BCUT2D eigenvalue weighted by Crippen LogP contribution is -2.31. The molecule has 0 spiro atoms. The van der Waals surface area contributed by atoms with Crippen molar-refractivity contribution in [3.63, 3.8) is 0 Å². The molecule has 8 heteroatoms. The van der Waals surface area contributed by atoms with Crippen LogP contribution in [0.2, 0.25) is 5.02 Å². The van der Waals surface area contributed by atoms with Crippen molar-refractivity contribution in [3.8, 4) is 17.0 Å². The van der Waals surface area contributed by atoms with Gasteiger partial charge in [0.25, 0.3) is 5.91 Å². The lowest BCUT2D eigenvalue weighted by Gasteiger charge is -2.26. The van der Waals surface area contributed by atoms with E-state index in [2.05, 4.69) is 26.1 Å². The zero-order valence-electron chi connectivity index (χ0n) is 15.6. The molecule has 0 bridgehead atoms. The Balaban J connectivity index is 1.89. The standard InChI is InChI=1S/C21H19BrClN3O3/c1-11-9-16(28)14(10-15(11)23)18-17-19(25-24-18)21(29)26(7-2-8-27)20(17)12-3-5-13(22)6-4-12/h3-6,9-10,20,27-28H,2,7-8H2,1H3,(H,24,25)/t20-/m1/s1. The molecule has 0 saturated carbocycles. The second-order valence-electron chi connectivity index (χ2n) is 7.01. The molecule has 3 aromatic rings. The number of phenols is 1. The lowest BCUT2D eigenvalue weighted by molar-refractivity contribution is 0.0732. The zero-order valence-corrected chi connectivity index (χ0v) is 18.0. The van der Waals surface area contributed by atoms with E-state index in [1.165, 1.54) is 0 Å². The topological polar surface area (TPSA) is 89.5 Å². The summed E-state index contributed by atoms with van der Waals surface area (Å²) >= 11 is 9.73. The molecule has 1 aliphatic heterocycles. The van der Waals surface area contributed by atoms with Crippen molar-refractivity contribution in [1.82, 2.24) is 15.1 Å². The number of nitrogens with zero attached hydrogens (tertiary/aromatic N) is 2. The van der Waals surface area contributed by atoms with Gasteiger partial charge >= 0.3 is 0 Å². The third kappa shape index (κ3) is 3.43. The van der Waals surface area contributed by atoms with Gasteiger partial charge in [0, 0.05) is 33.8 Å². The van der Waals surface area contributed by atoms with Gasteiger partial charge in [0.1, 0.15) is 17.1 Å². The number of aromatic nitrogens is 2. The Kier molecular flexibility index (Phi) is 5.38. The van der Waals surface area contributed by atoms with Gasteiger partial charge in [0.15, 0.2) is 0 Å². The van der Waals surface area contributed by atoms with E-state index >= 15 is 0 Å². The molecule has 0 fully saturated rings. The van der Waals surface area contributed by atoms with Gasteiger partial charge in [-0.05, 0) is 48.7 Å². The van der Waals surface area contributed by atoms with Gasteiger partial charge in [0.05, 0.1) is 6.04 Å². The number of amides is 1. The summed E-state index contributed by atoms with van der Waals surface area (Å²) in [5, 5.41) is 27.5. The van der Waals surface area contributed by atoms with E-state index in [9.17, 15) is 15.0 Å². The summed E-state index contributed by atoms with van der Waals surface area (Å²) in [5.41, 5.74) is 3.72. The van der Waals surface area contributed by atoms with Gasteiger partial charge in [-0.1, -0.05) is 39.7 Å². The maximum atomic E-state index is 13.1. The maximum absolute atomic E-state index is 13.1. The molecule has 1 amide bonds. The monoisotopic (exact) mass is 475 g/mol. The van der Waals surface area contributed by atoms with Crippen LogP contribution in [-0.2, 0) is 0 Å². The van der Waals surface area contributed by atoms with Gasteiger partial charge in [-0.25, -0.2) is 0 Å². The van der Waals surface area contributed by atoms with E-state index in [1.54, 1.807) is 17.0 Å². The van der Waals surface area contributed by atoms with Crippen molar-refractivity contribution < 1.29 is 15.0 Å². The van der Waals surface area contributed by atoms with Crippen LogP contribution >= 0.6 is 27.5 Å². The average Bonchev–Trinajstić information content (AvgIpc) is 3.23. The molecule has 3 N–H and O–H groups in total. The normalized spacial score (nSPS) is 15.8. The highest BCUT2D eigenvalue weighted by Crippen LogP contribution is 2.45. The largest absolute Gasteiger partial charge is 0.507 e. The molecule has 0 radical (unpaired) electrons. The number of benzene rings is 2. The predicted molar refractivity (Wildman–Crippen MR) is 114 cm³/mol. The first-order chi connectivity index (χ1) is 13.9. The second-order valence-corrected chi connectivity index (χ2v) is 8.33. The van der Waals surface area contributed by atoms with Crippen LogP contribution in [0.1, 0.15) is 39.6 Å². The first-order valence-corrected chi connectivity index (χ1v) is 10.3. The third-order valence-corrected chi connectivity index (χ3v) is 6.07. The fourth-order valence-corrected chi connectivity index (χ4v) is 4.15. The summed E-state index contributed by atoms with van der Waals surface area (Å²) in [6.07, 6.45) is 0.466. The molecule has 1 atom stereocenters. The van der Waals surface area contributed by atoms with Gasteiger partial charge in [0.2, 0.25) is 0 Å². The van der Waals surface area contributed by atoms with Crippen molar-refractivity contribution >= 4 is 33.4 Å². The number of hydrogen-bond acceptors (Lipinski definition) is 4. The van der Waals surface area contributed by atoms with E-state index in [0.717, 1.165) is 15.6 Å². The highest BCUT2D eigenvalue weighted by Gasteiger charge is 2.42. The summed E-state index contributed by atoms with van der Waals surface area (Å²) in [4.78, 5) is 14.8. The van der Waals surface area contributed by atoms with Crippen LogP contribution in [0.3, 0.4) is 0 Å². The summed E-state index contributed by atoms with van der Waals surface area (Å²) in [6, 6.07) is 10.6. The number of aromatic amines is 1. The SMILES string of the molecule is Cc1cc(O)c(-c2n[nH]c3c2[C@@H](c2ccc(Br)cc2)N(CCCO)C3=O)cc1Cl. The fourth-order valence-electron chi connectivity index (χ4n) is 3.72. The molecule has 29 heavy (non-hydrogen) atoms. The highest BCUT2D eigenvalue weighted by molar-refractivity contribution is 9.10. The molecule has 0 saturated heterocycles.